The Kier molecular flexibility index (Phi) is 18.9. The Hall–Kier alpha value is -18.6. The lowest BCUT2D eigenvalue weighted by Crippen LogP contribution is -2.10. The van der Waals surface area contributed by atoms with E-state index >= 15 is 0 Å². The summed E-state index contributed by atoms with van der Waals surface area (Å²) in [6, 6.07) is 156. The molecule has 1 atom stereocenters. The van der Waals surface area contributed by atoms with Crippen LogP contribution in [0.15, 0.2) is 457 Å². The highest BCUT2D eigenvalue weighted by molar-refractivity contribution is 6.23. The second kappa shape index (κ2) is 32.8. The highest BCUT2D eigenvalue weighted by atomic mass is 16.4. The quantitative estimate of drug-likeness (QED) is 0.0818. The highest BCUT2D eigenvalue weighted by Gasteiger charge is 2.28. The Morgan fingerprint density at radius 3 is 0.930 bits per heavy atom. The normalized spacial score (nSPS) is 12.3. The van der Waals surface area contributed by atoms with E-state index in [0.717, 1.165) is 272 Å². The van der Waals surface area contributed by atoms with Crippen molar-refractivity contribution in [3.8, 4) is 28.3 Å². The largest absolute Gasteiger partial charge is 0.456 e. The van der Waals surface area contributed by atoms with Crippen LogP contribution in [0, 0.1) is 18.3 Å². The van der Waals surface area contributed by atoms with E-state index in [9.17, 15) is 5.26 Å². The van der Waals surface area contributed by atoms with Crippen LogP contribution in [0.25, 0.3) is 197 Å². The molecular weight excluding hydrogens is 1750 g/mol. The molecule has 28 rings (SSSR count). The SMILES string of the molecule is Cc1ccc(N(c2ccc(C(C)C)cc2)c2ccc3cc4c(cc3c2)oc2cc3oc5cc6cc(N(c7ccc(C#N)cc7)c7ccc(C(C)Cc8ccc(-c9cccc%10c9oc9c(N(c%11ccccc%11)c%11ccc%12cc%13c(cc%12c%11)oc%11cc%12oc%14cc%15cc(N(c%16ccccc%16)c%16cccc%17c%16oc%16c(-c%18ccccc%18)cccc%16%17)ccc%15cc%14c%12cc%11%13)cccc9%10)cc8)cc7)ccc6cc5c3cc24)cc1. The molecule has 11 heteroatoms. The molecule has 6 heterocycles. The summed E-state index contributed by atoms with van der Waals surface area (Å²) in [7, 11) is 0. The summed E-state index contributed by atoms with van der Waals surface area (Å²) < 4.78 is 41.6. The third-order valence-corrected chi connectivity index (χ3v) is 29.4. The van der Waals surface area contributed by atoms with Crippen LogP contribution in [-0.2, 0) is 6.42 Å². The Balaban J connectivity index is 0.440. The third-order valence-electron chi connectivity index (χ3n) is 29.4. The minimum Gasteiger partial charge on any atom is -0.456 e. The van der Waals surface area contributed by atoms with Crippen LogP contribution in [0.1, 0.15) is 60.4 Å². The molecule has 6 aromatic heterocycles. The molecular formula is C132H87N5O6. The van der Waals surface area contributed by atoms with Crippen molar-refractivity contribution in [2.75, 3.05) is 19.6 Å². The zero-order valence-corrected chi connectivity index (χ0v) is 78.5. The summed E-state index contributed by atoms with van der Waals surface area (Å²) in [5.74, 6) is 0.641. The van der Waals surface area contributed by atoms with Gasteiger partial charge in [0.2, 0.25) is 0 Å². The zero-order chi connectivity index (χ0) is 94.9. The van der Waals surface area contributed by atoms with Gasteiger partial charge in [-0.2, -0.15) is 5.26 Å². The van der Waals surface area contributed by atoms with Crippen LogP contribution in [0.5, 0.6) is 0 Å². The minimum atomic E-state index is 0.200. The number of fused-ring (bicyclic) bond motifs is 22. The number of nitrogens with zero attached hydrogens (tertiary/aromatic N) is 5. The van der Waals surface area contributed by atoms with E-state index in [-0.39, 0.29) is 5.92 Å². The molecule has 0 amide bonds. The molecule has 0 saturated heterocycles. The number of rotatable bonds is 18. The van der Waals surface area contributed by atoms with Gasteiger partial charge in [0, 0.05) is 145 Å². The van der Waals surface area contributed by atoms with Crippen molar-refractivity contribution in [3.05, 3.63) is 459 Å². The van der Waals surface area contributed by atoms with Gasteiger partial charge in [0.05, 0.1) is 23.0 Å². The molecule has 0 aliphatic carbocycles. The smallest absolute Gasteiger partial charge is 0.159 e. The number of aryl methyl sites for hydroxylation is 1. The summed E-state index contributed by atoms with van der Waals surface area (Å²) in [5.41, 5.74) is 31.5. The first-order valence-electron chi connectivity index (χ1n) is 48.9. The molecule has 0 fully saturated rings. The number of furan rings is 6. The molecule has 0 saturated carbocycles. The van der Waals surface area contributed by atoms with Gasteiger partial charge in [-0.25, -0.2) is 0 Å². The average molecular weight is 1840 g/mol. The number of nitriles is 1. The maximum absolute atomic E-state index is 9.95. The van der Waals surface area contributed by atoms with Crippen LogP contribution in [0.2, 0.25) is 0 Å². The number of benzene rings is 22. The maximum atomic E-state index is 9.95. The van der Waals surface area contributed by atoms with Gasteiger partial charge in [0.1, 0.15) is 55.8 Å². The summed E-state index contributed by atoms with van der Waals surface area (Å²) in [4.78, 5) is 9.20. The monoisotopic (exact) mass is 1840 g/mol. The summed E-state index contributed by atoms with van der Waals surface area (Å²) in [6.07, 6.45) is 0.836. The van der Waals surface area contributed by atoms with E-state index in [1.54, 1.807) is 0 Å². The van der Waals surface area contributed by atoms with E-state index < -0.39 is 0 Å². The Bertz CT molecular complexity index is 10100. The Morgan fingerprint density at radius 2 is 0.545 bits per heavy atom. The van der Waals surface area contributed by atoms with Crippen LogP contribution >= 0.6 is 0 Å². The van der Waals surface area contributed by atoms with Crippen molar-refractivity contribution in [1.29, 1.82) is 5.26 Å². The molecule has 0 aliphatic heterocycles. The summed E-state index contributed by atoms with van der Waals surface area (Å²) in [6.45, 7) is 8.90. The van der Waals surface area contributed by atoms with Crippen molar-refractivity contribution in [2.45, 2.75) is 46.0 Å². The van der Waals surface area contributed by atoms with Gasteiger partial charge in [0.25, 0.3) is 0 Å². The lowest BCUT2D eigenvalue weighted by atomic mass is 9.92. The summed E-state index contributed by atoms with van der Waals surface area (Å²) >= 11 is 0. The number of hydrogen-bond acceptors (Lipinski definition) is 11. The Morgan fingerprint density at radius 1 is 0.231 bits per heavy atom. The van der Waals surface area contributed by atoms with Gasteiger partial charge in [0.15, 0.2) is 11.2 Å². The molecule has 11 nitrogen and oxygen atoms in total. The lowest BCUT2D eigenvalue weighted by Gasteiger charge is -2.26. The topological polar surface area (TPSA) is 116 Å². The van der Waals surface area contributed by atoms with E-state index in [4.69, 9.17) is 26.5 Å². The molecule has 0 radical (unpaired) electrons. The molecule has 28 aromatic rings. The fourth-order valence-electron chi connectivity index (χ4n) is 22.1. The molecule has 22 aromatic carbocycles. The molecule has 0 bridgehead atoms. The van der Waals surface area contributed by atoms with Gasteiger partial charge in [-0.15, -0.1) is 0 Å². The van der Waals surface area contributed by atoms with Crippen molar-refractivity contribution in [1.82, 2.24) is 0 Å². The van der Waals surface area contributed by atoms with Crippen molar-refractivity contribution in [3.63, 3.8) is 0 Å². The van der Waals surface area contributed by atoms with E-state index in [2.05, 4.69) is 454 Å². The van der Waals surface area contributed by atoms with Crippen LogP contribution in [0.4, 0.5) is 68.2 Å². The van der Waals surface area contributed by atoms with E-state index in [0.29, 0.717) is 11.5 Å². The predicted octanol–water partition coefficient (Wildman–Crippen LogP) is 38.6. The molecule has 676 valence electrons. The summed E-state index contributed by atoms with van der Waals surface area (Å²) in [5, 5.41) is 31.1. The number of hydrogen-bond donors (Lipinski definition) is 0. The molecule has 0 aliphatic rings. The fraction of sp³-hybridized carbons (Fsp3) is 0.0530. The van der Waals surface area contributed by atoms with Gasteiger partial charge >= 0.3 is 0 Å². The lowest BCUT2D eigenvalue weighted by molar-refractivity contribution is 0.656. The average Bonchev–Trinajstić information content (AvgIpc) is 1.58. The van der Waals surface area contributed by atoms with Crippen molar-refractivity contribution >= 4 is 243 Å². The highest BCUT2D eigenvalue weighted by Crippen LogP contribution is 2.52. The minimum absolute atomic E-state index is 0.200. The van der Waals surface area contributed by atoms with Crippen LogP contribution in [0.3, 0.4) is 0 Å². The third kappa shape index (κ3) is 13.9. The second-order valence-electron chi connectivity index (χ2n) is 38.5. The number of anilines is 12. The van der Waals surface area contributed by atoms with Crippen molar-refractivity contribution < 1.29 is 26.5 Å². The van der Waals surface area contributed by atoms with Crippen molar-refractivity contribution in [2.24, 2.45) is 0 Å². The standard InChI is InChI=1S/C132H87N5O6/c1-78(2)83-40-52-99(53-41-83)134(97-48-32-79(3)33-49-97)101-56-44-87-65-111-115-73-116-112-66-88-45-57-102(62-92(88)70-122(112)139-126(116)75-125(115)138-121(111)69-91(87)61-101)135(98-50-36-82(77-133)37-51-98)100-54-42-84(43-55-100)80(4)60-81-34-38-86(39-35-81)106-25-15-27-108-110-29-17-31-120(132(110)143-130(106)108)137(96-22-12-7-13-23-96)104-59-47-90-68-114-118-74-117-113-67-89-46-58-103(63-93(89)71-123(113)140-127(117)76-128(118)141-124(114)72-94(90)64-104)136(95-20-10-6-11-21-95)119-30-16-28-109-107-26-14-24-105(129(107)142-131(109)119)85-18-8-5-9-19-85/h5-59,61-76,78,80H,60H2,1-4H3. The van der Waals surface area contributed by atoms with E-state index in [1.165, 1.54) is 22.3 Å². The first-order chi connectivity index (χ1) is 70.4. The number of para-hydroxylation sites is 6. The first-order valence-corrected chi connectivity index (χ1v) is 48.9. The van der Waals surface area contributed by atoms with E-state index in [1.807, 2.05) is 30.3 Å². The molecule has 1 unspecified atom stereocenters. The molecule has 0 spiro atoms. The first kappa shape index (κ1) is 82.6. The Labute approximate surface area is 821 Å². The molecule has 143 heavy (non-hydrogen) atoms. The predicted molar refractivity (Wildman–Crippen MR) is 592 cm³/mol. The molecule has 0 N–H and O–H groups in total. The maximum Gasteiger partial charge on any atom is 0.159 e. The van der Waals surface area contributed by atoms with Gasteiger partial charge in [-0.05, 0) is 302 Å². The van der Waals surface area contributed by atoms with Gasteiger partial charge in [-0.1, -0.05) is 239 Å². The second-order valence-corrected chi connectivity index (χ2v) is 38.5. The van der Waals surface area contributed by atoms with Gasteiger partial charge < -0.3 is 46.1 Å². The fourth-order valence-corrected chi connectivity index (χ4v) is 22.1. The van der Waals surface area contributed by atoms with Crippen LogP contribution < -0.4 is 19.6 Å². The zero-order valence-electron chi connectivity index (χ0n) is 78.5. The van der Waals surface area contributed by atoms with Crippen LogP contribution in [-0.4, -0.2) is 0 Å². The van der Waals surface area contributed by atoms with Gasteiger partial charge in [-0.3, -0.25) is 0 Å².